The Kier molecular flexibility index (Phi) is 2.62. The van der Waals surface area contributed by atoms with Crippen LogP contribution in [0.2, 0.25) is 0 Å². The third-order valence-electron chi connectivity index (χ3n) is 4.00. The second kappa shape index (κ2) is 4.08. The normalized spacial score (nSPS) is 20.4. The molecule has 3 heterocycles. The summed E-state index contributed by atoms with van der Waals surface area (Å²) in [4.78, 5) is 18.1. The topological polar surface area (TPSA) is 83.7 Å². The molecule has 1 atom stereocenters. The van der Waals surface area contributed by atoms with Crippen molar-refractivity contribution >= 4 is 22.9 Å². The van der Waals surface area contributed by atoms with Gasteiger partial charge in [-0.15, -0.1) is 0 Å². The lowest BCUT2D eigenvalue weighted by Gasteiger charge is -2.27. The summed E-state index contributed by atoms with van der Waals surface area (Å²) in [5, 5.41) is 0. The van der Waals surface area contributed by atoms with Crippen molar-refractivity contribution in [1.29, 1.82) is 0 Å². The van der Waals surface area contributed by atoms with Crippen molar-refractivity contribution in [2.24, 2.45) is 11.3 Å². The maximum atomic E-state index is 5.77. The predicted octanol–water partition coefficient (Wildman–Crippen LogP) is 1.81. The van der Waals surface area contributed by atoms with Crippen LogP contribution >= 0.6 is 0 Å². The fourth-order valence-electron chi connectivity index (χ4n) is 2.72. The molecular weight excluding hydrogens is 240 g/mol. The van der Waals surface area contributed by atoms with Crippen molar-refractivity contribution < 1.29 is 0 Å². The Labute approximate surface area is 112 Å². The van der Waals surface area contributed by atoms with E-state index in [1.807, 2.05) is 0 Å². The summed E-state index contributed by atoms with van der Waals surface area (Å²) >= 11 is 0. The number of anilines is 2. The average Bonchev–Trinajstić information content (AvgIpc) is 2.94. The molecule has 19 heavy (non-hydrogen) atoms. The van der Waals surface area contributed by atoms with Gasteiger partial charge in [0.2, 0.25) is 5.95 Å². The molecule has 0 spiro atoms. The number of hydrogen-bond acceptors (Lipinski definition) is 5. The highest BCUT2D eigenvalue weighted by Crippen LogP contribution is 2.36. The highest BCUT2D eigenvalue weighted by Gasteiger charge is 2.33. The van der Waals surface area contributed by atoms with E-state index in [0.717, 1.165) is 24.4 Å². The molecule has 0 saturated carbocycles. The first-order valence-electron chi connectivity index (χ1n) is 6.66. The highest BCUT2D eigenvalue weighted by atomic mass is 15.2. The van der Waals surface area contributed by atoms with E-state index in [0.29, 0.717) is 17.0 Å². The molecule has 0 aromatic carbocycles. The van der Waals surface area contributed by atoms with E-state index >= 15 is 0 Å². The van der Waals surface area contributed by atoms with Gasteiger partial charge in [0.1, 0.15) is 5.52 Å². The molecule has 1 fully saturated rings. The van der Waals surface area contributed by atoms with Gasteiger partial charge in [-0.05, 0) is 17.8 Å². The van der Waals surface area contributed by atoms with E-state index in [4.69, 9.17) is 5.73 Å². The number of aromatic nitrogens is 4. The van der Waals surface area contributed by atoms with Crippen molar-refractivity contribution in [3.63, 3.8) is 0 Å². The van der Waals surface area contributed by atoms with E-state index in [9.17, 15) is 0 Å². The second-order valence-corrected chi connectivity index (χ2v) is 6.30. The summed E-state index contributed by atoms with van der Waals surface area (Å²) in [6.45, 7) is 8.89. The molecule has 3 rings (SSSR count). The van der Waals surface area contributed by atoms with Crippen molar-refractivity contribution in [2.75, 3.05) is 23.7 Å². The molecule has 0 bridgehead atoms. The third-order valence-corrected chi connectivity index (χ3v) is 4.00. The summed E-state index contributed by atoms with van der Waals surface area (Å²) < 4.78 is 0. The van der Waals surface area contributed by atoms with Crippen LogP contribution in [0.3, 0.4) is 0 Å². The number of nitrogens with zero attached hydrogens (tertiary/aromatic N) is 4. The Morgan fingerprint density at radius 1 is 1.37 bits per heavy atom. The first-order valence-corrected chi connectivity index (χ1v) is 6.66. The number of rotatable bonds is 1. The Morgan fingerprint density at radius 3 is 2.84 bits per heavy atom. The predicted molar refractivity (Wildman–Crippen MR) is 75.9 cm³/mol. The Bertz CT molecular complexity index is 597. The minimum Gasteiger partial charge on any atom is -0.368 e. The minimum absolute atomic E-state index is 0.286. The number of hydrogen-bond donors (Lipinski definition) is 2. The number of nitrogen functional groups attached to an aromatic ring is 1. The number of imidazole rings is 1. The van der Waals surface area contributed by atoms with E-state index in [1.54, 1.807) is 6.33 Å². The molecular formula is C13H20N6. The molecule has 6 nitrogen and oxygen atoms in total. The molecule has 1 aliphatic rings. The summed E-state index contributed by atoms with van der Waals surface area (Å²) in [7, 11) is 0. The molecule has 2 aromatic rings. The van der Waals surface area contributed by atoms with Gasteiger partial charge in [-0.25, -0.2) is 4.98 Å². The van der Waals surface area contributed by atoms with Gasteiger partial charge >= 0.3 is 0 Å². The van der Waals surface area contributed by atoms with Gasteiger partial charge in [-0.1, -0.05) is 20.8 Å². The van der Waals surface area contributed by atoms with Crippen LogP contribution in [0.1, 0.15) is 27.2 Å². The monoisotopic (exact) mass is 260 g/mol. The fourth-order valence-corrected chi connectivity index (χ4v) is 2.72. The van der Waals surface area contributed by atoms with Crippen LogP contribution < -0.4 is 10.6 Å². The molecule has 1 unspecified atom stereocenters. The largest absolute Gasteiger partial charge is 0.368 e. The molecule has 0 amide bonds. The van der Waals surface area contributed by atoms with Gasteiger partial charge in [-0.3, -0.25) is 0 Å². The first kappa shape index (κ1) is 12.2. The van der Waals surface area contributed by atoms with Gasteiger partial charge in [0.25, 0.3) is 0 Å². The van der Waals surface area contributed by atoms with Crippen LogP contribution in [0.25, 0.3) is 11.2 Å². The Morgan fingerprint density at radius 2 is 2.16 bits per heavy atom. The minimum atomic E-state index is 0.286. The molecule has 2 aromatic heterocycles. The standard InChI is InChI=1S/C13H20N6/c1-13(2,3)8-4-5-19(6-8)11-9-10(16-7-15-9)17-12(14)18-11/h7-8H,4-6H2,1-3H3,(H3,14,15,16,17,18). The molecule has 6 heteroatoms. The zero-order valence-corrected chi connectivity index (χ0v) is 11.6. The number of nitrogens with two attached hydrogens (primary N) is 1. The first-order chi connectivity index (χ1) is 8.95. The van der Waals surface area contributed by atoms with Crippen LogP contribution in [0.5, 0.6) is 0 Å². The zero-order chi connectivity index (χ0) is 13.6. The van der Waals surface area contributed by atoms with Crippen molar-refractivity contribution in [1.82, 2.24) is 19.9 Å². The fraction of sp³-hybridized carbons (Fsp3) is 0.615. The Balaban J connectivity index is 1.95. The lowest BCUT2D eigenvalue weighted by atomic mass is 9.80. The zero-order valence-electron chi connectivity index (χ0n) is 11.6. The summed E-state index contributed by atoms with van der Waals surface area (Å²) in [5.74, 6) is 1.84. The van der Waals surface area contributed by atoms with Gasteiger partial charge < -0.3 is 15.6 Å². The van der Waals surface area contributed by atoms with Gasteiger partial charge in [0.15, 0.2) is 11.5 Å². The Hall–Kier alpha value is -1.85. The maximum Gasteiger partial charge on any atom is 0.224 e. The summed E-state index contributed by atoms with van der Waals surface area (Å²) in [6.07, 6.45) is 2.82. The lowest BCUT2D eigenvalue weighted by Crippen LogP contribution is -2.26. The van der Waals surface area contributed by atoms with Crippen LogP contribution in [0.4, 0.5) is 11.8 Å². The van der Waals surface area contributed by atoms with E-state index in [-0.39, 0.29) is 5.95 Å². The number of H-pyrrole nitrogens is 1. The lowest BCUT2D eigenvalue weighted by molar-refractivity contribution is 0.263. The molecule has 0 radical (unpaired) electrons. The maximum absolute atomic E-state index is 5.77. The summed E-state index contributed by atoms with van der Waals surface area (Å²) in [5.41, 5.74) is 7.61. The van der Waals surface area contributed by atoms with Gasteiger partial charge in [-0.2, -0.15) is 9.97 Å². The van der Waals surface area contributed by atoms with E-state index < -0.39 is 0 Å². The second-order valence-electron chi connectivity index (χ2n) is 6.30. The highest BCUT2D eigenvalue weighted by molar-refractivity contribution is 5.84. The molecule has 1 aliphatic heterocycles. The van der Waals surface area contributed by atoms with Gasteiger partial charge in [0, 0.05) is 13.1 Å². The molecule has 3 N–H and O–H groups in total. The van der Waals surface area contributed by atoms with Crippen LogP contribution in [0, 0.1) is 11.3 Å². The smallest absolute Gasteiger partial charge is 0.224 e. The van der Waals surface area contributed by atoms with Crippen molar-refractivity contribution in [2.45, 2.75) is 27.2 Å². The number of fused-ring (bicyclic) bond motifs is 1. The average molecular weight is 260 g/mol. The third kappa shape index (κ3) is 2.11. The summed E-state index contributed by atoms with van der Waals surface area (Å²) in [6, 6.07) is 0. The van der Waals surface area contributed by atoms with Crippen LogP contribution in [0.15, 0.2) is 6.33 Å². The molecule has 102 valence electrons. The van der Waals surface area contributed by atoms with Crippen molar-refractivity contribution in [3.8, 4) is 0 Å². The molecule has 0 aliphatic carbocycles. The number of nitrogens with one attached hydrogen (secondary N) is 1. The van der Waals surface area contributed by atoms with E-state index in [2.05, 4.69) is 45.6 Å². The molecule has 1 saturated heterocycles. The van der Waals surface area contributed by atoms with E-state index in [1.165, 1.54) is 6.42 Å². The van der Waals surface area contributed by atoms with Crippen molar-refractivity contribution in [3.05, 3.63) is 6.33 Å². The quantitative estimate of drug-likeness (QED) is 0.817. The number of aromatic amines is 1. The van der Waals surface area contributed by atoms with Crippen LogP contribution in [-0.4, -0.2) is 33.0 Å². The van der Waals surface area contributed by atoms with Gasteiger partial charge in [0.05, 0.1) is 6.33 Å². The SMILES string of the molecule is CC(C)(C)C1CCN(c2nc(N)nc3nc[nH]c23)C1. The van der Waals surface area contributed by atoms with Crippen LogP contribution in [-0.2, 0) is 0 Å².